The number of hydrogen-bond donors (Lipinski definition) is 1. The Kier molecular flexibility index (Phi) is 4.05. The zero-order chi connectivity index (χ0) is 15.4. The molecule has 5 nitrogen and oxygen atoms in total. The molecule has 112 valence electrons. The second-order valence-electron chi connectivity index (χ2n) is 4.88. The zero-order valence-corrected chi connectivity index (χ0v) is 12.3. The Balaban J connectivity index is 1.64. The minimum atomic E-state index is -0.0902. The van der Waals surface area contributed by atoms with Crippen molar-refractivity contribution >= 4 is 17.2 Å². The summed E-state index contributed by atoms with van der Waals surface area (Å²) in [5.74, 6) is 0.702. The molecule has 3 aromatic rings. The minimum Gasteiger partial charge on any atom is -0.494 e. The number of carbonyl (C=O) groups excluding carboxylic acids is 1. The molecule has 0 bridgehead atoms. The van der Waals surface area contributed by atoms with Crippen LogP contribution < -0.4 is 10.1 Å². The number of amides is 1. The monoisotopic (exact) mass is 295 g/mol. The molecule has 5 heteroatoms. The summed E-state index contributed by atoms with van der Waals surface area (Å²) in [5, 5.41) is 2.86. The number of fused-ring (bicyclic) bond motifs is 1. The maximum atomic E-state index is 12.1. The molecular formula is C17H17N3O2. The number of benzene rings is 1. The number of carbonyl (C=O) groups is 1. The summed E-state index contributed by atoms with van der Waals surface area (Å²) in [6.45, 7) is 2.56. The van der Waals surface area contributed by atoms with Crippen LogP contribution in [0, 0.1) is 0 Å². The predicted octanol–water partition coefficient (Wildman–Crippen LogP) is 2.91. The van der Waals surface area contributed by atoms with Gasteiger partial charge in [-0.3, -0.25) is 4.79 Å². The lowest BCUT2D eigenvalue weighted by atomic mass is 10.2. The molecule has 1 amide bonds. The highest BCUT2D eigenvalue weighted by Crippen LogP contribution is 2.16. The number of nitrogens with zero attached hydrogens (tertiary/aromatic N) is 2. The fourth-order valence-corrected chi connectivity index (χ4v) is 2.24. The van der Waals surface area contributed by atoms with Gasteiger partial charge in [0.2, 0.25) is 5.91 Å². The number of rotatable bonds is 5. The summed E-state index contributed by atoms with van der Waals surface area (Å²) in [7, 11) is 0. The van der Waals surface area contributed by atoms with E-state index in [9.17, 15) is 4.79 Å². The second kappa shape index (κ2) is 6.30. The van der Waals surface area contributed by atoms with Crippen LogP contribution in [0.3, 0.4) is 0 Å². The van der Waals surface area contributed by atoms with Crippen LogP contribution in [0.25, 0.3) is 5.65 Å². The average Bonchev–Trinajstić information content (AvgIpc) is 2.91. The molecule has 0 atom stereocenters. The van der Waals surface area contributed by atoms with Gasteiger partial charge < -0.3 is 14.5 Å². The maximum absolute atomic E-state index is 12.1. The lowest BCUT2D eigenvalue weighted by Gasteiger charge is -2.06. The molecule has 0 radical (unpaired) electrons. The van der Waals surface area contributed by atoms with Gasteiger partial charge in [-0.15, -0.1) is 0 Å². The standard InChI is InChI=1S/C17H17N3O2/c1-2-22-15-8-6-13(7-9-15)19-17(21)11-14-12-20-10-4-3-5-16(20)18-14/h3-10,12H,2,11H2,1H3,(H,19,21). The summed E-state index contributed by atoms with van der Waals surface area (Å²) < 4.78 is 7.27. The topological polar surface area (TPSA) is 55.6 Å². The average molecular weight is 295 g/mol. The first-order chi connectivity index (χ1) is 10.7. The van der Waals surface area contributed by atoms with E-state index >= 15 is 0 Å². The SMILES string of the molecule is CCOc1ccc(NC(=O)Cc2cn3ccccc3n2)cc1. The normalized spacial score (nSPS) is 10.6. The predicted molar refractivity (Wildman–Crippen MR) is 85.1 cm³/mol. The molecular weight excluding hydrogens is 278 g/mol. The first kappa shape index (κ1) is 14.1. The zero-order valence-electron chi connectivity index (χ0n) is 12.3. The van der Waals surface area contributed by atoms with E-state index in [1.807, 2.05) is 66.2 Å². The molecule has 0 unspecified atom stereocenters. The van der Waals surface area contributed by atoms with Gasteiger partial charge in [-0.25, -0.2) is 4.98 Å². The van der Waals surface area contributed by atoms with Crippen molar-refractivity contribution in [3.63, 3.8) is 0 Å². The van der Waals surface area contributed by atoms with Gasteiger partial charge in [0.15, 0.2) is 0 Å². The Bertz CT molecular complexity index is 745. The molecule has 0 fully saturated rings. The van der Waals surface area contributed by atoms with Gasteiger partial charge in [0.25, 0.3) is 0 Å². The van der Waals surface area contributed by atoms with Gasteiger partial charge in [-0.1, -0.05) is 6.07 Å². The van der Waals surface area contributed by atoms with Crippen LogP contribution in [0.5, 0.6) is 5.75 Å². The van der Waals surface area contributed by atoms with Gasteiger partial charge in [0.05, 0.1) is 18.7 Å². The van der Waals surface area contributed by atoms with Crippen molar-refractivity contribution in [2.45, 2.75) is 13.3 Å². The van der Waals surface area contributed by atoms with Gasteiger partial charge in [-0.05, 0) is 43.3 Å². The summed E-state index contributed by atoms with van der Waals surface area (Å²) in [6, 6.07) is 13.1. The Morgan fingerprint density at radius 3 is 2.77 bits per heavy atom. The van der Waals surface area contributed by atoms with Gasteiger partial charge in [-0.2, -0.15) is 0 Å². The van der Waals surface area contributed by atoms with Crippen molar-refractivity contribution in [3.05, 3.63) is 60.6 Å². The molecule has 0 aliphatic heterocycles. The van der Waals surface area contributed by atoms with Crippen molar-refractivity contribution in [1.29, 1.82) is 0 Å². The van der Waals surface area contributed by atoms with E-state index in [1.54, 1.807) is 0 Å². The molecule has 0 spiro atoms. The fourth-order valence-electron chi connectivity index (χ4n) is 2.24. The summed E-state index contributed by atoms with van der Waals surface area (Å²) in [5.41, 5.74) is 2.33. The largest absolute Gasteiger partial charge is 0.494 e. The molecule has 0 aliphatic rings. The van der Waals surface area contributed by atoms with E-state index in [0.717, 1.165) is 22.8 Å². The smallest absolute Gasteiger partial charge is 0.230 e. The Morgan fingerprint density at radius 1 is 1.23 bits per heavy atom. The van der Waals surface area contributed by atoms with Crippen molar-refractivity contribution < 1.29 is 9.53 Å². The van der Waals surface area contributed by atoms with Gasteiger partial charge >= 0.3 is 0 Å². The van der Waals surface area contributed by atoms with Crippen LogP contribution in [0.4, 0.5) is 5.69 Å². The third-order valence-corrected chi connectivity index (χ3v) is 3.20. The number of aromatic nitrogens is 2. The summed E-state index contributed by atoms with van der Waals surface area (Å²) >= 11 is 0. The molecule has 2 aromatic heterocycles. The third kappa shape index (κ3) is 3.25. The van der Waals surface area contributed by atoms with E-state index in [4.69, 9.17) is 4.74 Å². The summed E-state index contributed by atoms with van der Waals surface area (Å²) in [6.07, 6.45) is 4.03. The van der Waals surface area contributed by atoms with E-state index in [1.165, 1.54) is 0 Å². The maximum Gasteiger partial charge on any atom is 0.230 e. The van der Waals surface area contributed by atoms with Crippen molar-refractivity contribution in [2.75, 3.05) is 11.9 Å². The number of hydrogen-bond acceptors (Lipinski definition) is 3. The van der Waals surface area contributed by atoms with E-state index < -0.39 is 0 Å². The van der Waals surface area contributed by atoms with Gasteiger partial charge in [0.1, 0.15) is 11.4 Å². The van der Waals surface area contributed by atoms with E-state index in [2.05, 4.69) is 10.3 Å². The fraction of sp³-hybridized carbons (Fsp3) is 0.176. The van der Waals surface area contributed by atoms with Crippen LogP contribution in [0.1, 0.15) is 12.6 Å². The highest BCUT2D eigenvalue weighted by atomic mass is 16.5. The van der Waals surface area contributed by atoms with Gasteiger partial charge in [0, 0.05) is 18.1 Å². The van der Waals surface area contributed by atoms with Crippen molar-refractivity contribution in [2.24, 2.45) is 0 Å². The van der Waals surface area contributed by atoms with Crippen LogP contribution in [0.2, 0.25) is 0 Å². The Labute approximate surface area is 128 Å². The molecule has 1 N–H and O–H groups in total. The highest BCUT2D eigenvalue weighted by Gasteiger charge is 2.08. The van der Waals surface area contributed by atoms with Crippen LogP contribution in [-0.2, 0) is 11.2 Å². The molecule has 22 heavy (non-hydrogen) atoms. The van der Waals surface area contributed by atoms with E-state index in [0.29, 0.717) is 6.61 Å². The molecule has 0 saturated heterocycles. The molecule has 2 heterocycles. The lowest BCUT2D eigenvalue weighted by Crippen LogP contribution is -2.14. The third-order valence-electron chi connectivity index (χ3n) is 3.20. The number of nitrogens with one attached hydrogen (secondary N) is 1. The van der Waals surface area contributed by atoms with Crippen molar-refractivity contribution in [1.82, 2.24) is 9.38 Å². The molecule has 0 aliphatic carbocycles. The van der Waals surface area contributed by atoms with Crippen LogP contribution in [-0.4, -0.2) is 21.9 Å². The first-order valence-electron chi connectivity index (χ1n) is 7.20. The van der Waals surface area contributed by atoms with E-state index in [-0.39, 0.29) is 12.3 Å². The first-order valence-corrected chi connectivity index (χ1v) is 7.20. The van der Waals surface area contributed by atoms with Crippen LogP contribution >= 0.6 is 0 Å². The number of ether oxygens (including phenoxy) is 1. The number of pyridine rings is 1. The Morgan fingerprint density at radius 2 is 2.05 bits per heavy atom. The highest BCUT2D eigenvalue weighted by molar-refractivity contribution is 5.92. The quantitative estimate of drug-likeness (QED) is 0.787. The Hall–Kier alpha value is -2.82. The van der Waals surface area contributed by atoms with Crippen molar-refractivity contribution in [3.8, 4) is 5.75 Å². The molecule has 3 rings (SSSR count). The van der Waals surface area contributed by atoms with Crippen LogP contribution in [0.15, 0.2) is 54.9 Å². The minimum absolute atomic E-state index is 0.0902. The summed E-state index contributed by atoms with van der Waals surface area (Å²) in [4.78, 5) is 16.5. The second-order valence-corrected chi connectivity index (χ2v) is 4.88. The molecule has 1 aromatic carbocycles. The number of anilines is 1. The molecule has 0 saturated carbocycles. The number of imidazole rings is 1. The lowest BCUT2D eigenvalue weighted by molar-refractivity contribution is -0.115.